The number of methoxy groups -OCH3 is 1. The summed E-state index contributed by atoms with van der Waals surface area (Å²) in [5, 5.41) is 3.27. The van der Waals surface area contributed by atoms with E-state index in [0.717, 1.165) is 22.4 Å². The highest BCUT2D eigenvalue weighted by atomic mass is 16.5. The van der Waals surface area contributed by atoms with Crippen molar-refractivity contribution in [2.75, 3.05) is 17.3 Å². The Balaban J connectivity index is 1.80. The number of hydrogen-bond donors (Lipinski definition) is 1. The molecule has 168 valence electrons. The second-order valence-corrected chi connectivity index (χ2v) is 8.61. The number of nitrogens with one attached hydrogen (secondary N) is 1. The van der Waals surface area contributed by atoms with Crippen molar-refractivity contribution in [2.24, 2.45) is 0 Å². The van der Waals surface area contributed by atoms with Crippen molar-refractivity contribution in [3.8, 4) is 5.75 Å². The highest BCUT2D eigenvalue weighted by Crippen LogP contribution is 2.35. The van der Waals surface area contributed by atoms with Gasteiger partial charge in [0.15, 0.2) is 0 Å². The summed E-state index contributed by atoms with van der Waals surface area (Å²) in [4.78, 5) is 28.5. The first-order valence-electron chi connectivity index (χ1n) is 11.0. The number of hydrogen-bond acceptors (Lipinski definition) is 4. The maximum Gasteiger partial charge on any atom is 0.282 e. The smallest absolute Gasteiger partial charge is 0.282 e. The van der Waals surface area contributed by atoms with Crippen molar-refractivity contribution in [1.82, 2.24) is 0 Å². The predicted molar refractivity (Wildman–Crippen MR) is 132 cm³/mol. The molecule has 3 aromatic carbocycles. The molecule has 0 atom stereocenters. The third-order valence-electron chi connectivity index (χ3n) is 5.93. The van der Waals surface area contributed by atoms with E-state index in [4.69, 9.17) is 4.74 Å². The molecule has 1 aliphatic heterocycles. The fourth-order valence-electron chi connectivity index (χ4n) is 3.92. The van der Waals surface area contributed by atoms with Gasteiger partial charge in [0, 0.05) is 5.69 Å². The molecular weight excluding hydrogens is 412 g/mol. The van der Waals surface area contributed by atoms with E-state index < -0.39 is 0 Å². The van der Waals surface area contributed by atoms with Gasteiger partial charge in [0.2, 0.25) is 0 Å². The third kappa shape index (κ3) is 4.27. The van der Waals surface area contributed by atoms with E-state index in [9.17, 15) is 9.59 Å². The first-order chi connectivity index (χ1) is 15.8. The molecule has 0 saturated heterocycles. The fourth-order valence-corrected chi connectivity index (χ4v) is 3.92. The Morgan fingerprint density at radius 1 is 0.848 bits per heavy atom. The maximum absolute atomic E-state index is 13.6. The molecule has 0 unspecified atom stereocenters. The molecule has 4 rings (SSSR count). The van der Waals surface area contributed by atoms with E-state index in [1.807, 2.05) is 56.3 Å². The number of anilines is 2. The van der Waals surface area contributed by atoms with Gasteiger partial charge in [-0.25, -0.2) is 4.90 Å². The zero-order valence-corrected chi connectivity index (χ0v) is 19.6. The van der Waals surface area contributed by atoms with Crippen molar-refractivity contribution >= 4 is 28.8 Å². The van der Waals surface area contributed by atoms with E-state index in [-0.39, 0.29) is 17.5 Å². The highest BCUT2D eigenvalue weighted by Gasteiger charge is 2.40. The minimum atomic E-state index is -0.371. The molecule has 3 aromatic rings. The van der Waals surface area contributed by atoms with Gasteiger partial charge < -0.3 is 10.1 Å². The predicted octanol–water partition coefficient (Wildman–Crippen LogP) is 5.83. The monoisotopic (exact) mass is 440 g/mol. The largest absolute Gasteiger partial charge is 0.497 e. The fraction of sp³-hybridized carbons (Fsp3) is 0.214. The van der Waals surface area contributed by atoms with Gasteiger partial charge in [0.1, 0.15) is 11.4 Å². The van der Waals surface area contributed by atoms with Crippen LogP contribution in [-0.4, -0.2) is 18.9 Å². The molecule has 0 aliphatic carbocycles. The van der Waals surface area contributed by atoms with Crippen molar-refractivity contribution in [3.63, 3.8) is 0 Å². The molecular formula is C28H28N2O3. The van der Waals surface area contributed by atoms with Crippen molar-refractivity contribution in [3.05, 3.63) is 94.7 Å². The van der Waals surface area contributed by atoms with Gasteiger partial charge in [-0.1, -0.05) is 50.2 Å². The van der Waals surface area contributed by atoms with Gasteiger partial charge >= 0.3 is 0 Å². The van der Waals surface area contributed by atoms with Gasteiger partial charge in [0.25, 0.3) is 11.8 Å². The Morgan fingerprint density at radius 3 is 2.12 bits per heavy atom. The maximum atomic E-state index is 13.6. The molecule has 1 N–H and O–H groups in total. The van der Waals surface area contributed by atoms with Crippen LogP contribution in [0.2, 0.25) is 0 Å². The number of carbonyl (C=O) groups excluding carboxylic acids is 2. The number of nitrogens with zero attached hydrogens (tertiary/aromatic N) is 1. The van der Waals surface area contributed by atoms with Gasteiger partial charge in [-0.05, 0) is 72.4 Å². The summed E-state index contributed by atoms with van der Waals surface area (Å²) in [5.41, 5.74) is 5.82. The average Bonchev–Trinajstić information content (AvgIpc) is 3.05. The third-order valence-corrected chi connectivity index (χ3v) is 5.93. The lowest BCUT2D eigenvalue weighted by Crippen LogP contribution is -2.32. The molecule has 1 aliphatic rings. The van der Waals surface area contributed by atoms with Gasteiger partial charge in [-0.3, -0.25) is 9.59 Å². The zero-order valence-electron chi connectivity index (χ0n) is 19.6. The van der Waals surface area contributed by atoms with Crippen LogP contribution in [0.15, 0.2) is 72.4 Å². The minimum Gasteiger partial charge on any atom is -0.497 e. The molecule has 0 spiro atoms. The highest BCUT2D eigenvalue weighted by molar-refractivity contribution is 6.46. The molecule has 0 aromatic heterocycles. The van der Waals surface area contributed by atoms with Crippen LogP contribution in [-0.2, 0) is 9.59 Å². The molecule has 0 bridgehead atoms. The van der Waals surface area contributed by atoms with Crippen LogP contribution in [0.4, 0.5) is 11.4 Å². The molecule has 1 heterocycles. The second-order valence-electron chi connectivity index (χ2n) is 8.61. The summed E-state index contributed by atoms with van der Waals surface area (Å²) in [5.74, 6) is 0.319. The van der Waals surface area contributed by atoms with Crippen LogP contribution in [0.1, 0.15) is 42.0 Å². The van der Waals surface area contributed by atoms with E-state index in [0.29, 0.717) is 28.5 Å². The van der Waals surface area contributed by atoms with Crippen molar-refractivity contribution < 1.29 is 14.3 Å². The number of benzene rings is 3. The van der Waals surface area contributed by atoms with E-state index in [1.165, 1.54) is 4.90 Å². The number of aryl methyl sites for hydroxylation is 2. The van der Waals surface area contributed by atoms with Crippen LogP contribution in [0.3, 0.4) is 0 Å². The lowest BCUT2D eigenvalue weighted by Gasteiger charge is -2.17. The summed E-state index contributed by atoms with van der Waals surface area (Å²) in [6.45, 7) is 8.18. The minimum absolute atomic E-state index is 0.270. The number of amides is 2. The van der Waals surface area contributed by atoms with Crippen LogP contribution < -0.4 is 15.0 Å². The van der Waals surface area contributed by atoms with E-state index in [1.54, 1.807) is 31.4 Å². The molecule has 5 nitrogen and oxygen atoms in total. The van der Waals surface area contributed by atoms with E-state index >= 15 is 0 Å². The zero-order chi connectivity index (χ0) is 23.7. The lowest BCUT2D eigenvalue weighted by atomic mass is 10.0. The summed E-state index contributed by atoms with van der Waals surface area (Å²) in [6, 6.07) is 20.8. The average molecular weight is 441 g/mol. The Labute approximate surface area is 194 Å². The molecule has 2 amide bonds. The van der Waals surface area contributed by atoms with Gasteiger partial charge in [-0.15, -0.1) is 0 Å². The van der Waals surface area contributed by atoms with Crippen molar-refractivity contribution in [1.29, 1.82) is 0 Å². The Kier molecular flexibility index (Phi) is 6.05. The summed E-state index contributed by atoms with van der Waals surface area (Å²) in [6.07, 6.45) is 0. The quantitative estimate of drug-likeness (QED) is 0.490. The summed E-state index contributed by atoms with van der Waals surface area (Å²) < 4.78 is 5.26. The standard InChI is InChI=1S/C28H28N2O3/c1-17(2)20-8-12-22(13-9-20)30-27(31)25(21-10-14-23(33-5)15-11-21)26(28(30)32)29-24-16-18(3)6-7-19(24)4/h6-17,29H,1-5H3. The van der Waals surface area contributed by atoms with Crippen LogP contribution in [0.5, 0.6) is 5.75 Å². The molecule has 0 fully saturated rings. The van der Waals surface area contributed by atoms with Gasteiger partial charge in [-0.2, -0.15) is 0 Å². The van der Waals surface area contributed by atoms with Crippen molar-refractivity contribution in [2.45, 2.75) is 33.6 Å². The molecule has 0 radical (unpaired) electrons. The number of imide groups is 1. The summed E-state index contributed by atoms with van der Waals surface area (Å²) in [7, 11) is 1.59. The number of carbonyl (C=O) groups is 2. The number of rotatable bonds is 6. The lowest BCUT2D eigenvalue weighted by molar-refractivity contribution is -0.120. The molecule has 33 heavy (non-hydrogen) atoms. The van der Waals surface area contributed by atoms with Crippen LogP contribution >= 0.6 is 0 Å². The Hall–Kier alpha value is -3.86. The Morgan fingerprint density at radius 2 is 1.52 bits per heavy atom. The van der Waals surface area contributed by atoms with Gasteiger partial charge in [0.05, 0.1) is 18.4 Å². The second kappa shape index (κ2) is 8.94. The molecule has 5 heteroatoms. The SMILES string of the molecule is COc1ccc(C2=C(Nc3cc(C)ccc3C)C(=O)N(c3ccc(C(C)C)cc3)C2=O)cc1. The Bertz CT molecular complexity index is 1240. The first kappa shape index (κ1) is 22.3. The van der Waals surface area contributed by atoms with Crippen LogP contribution in [0, 0.1) is 13.8 Å². The van der Waals surface area contributed by atoms with Crippen LogP contribution in [0.25, 0.3) is 5.57 Å². The molecule has 0 saturated carbocycles. The number of ether oxygens (including phenoxy) is 1. The summed E-state index contributed by atoms with van der Waals surface area (Å²) >= 11 is 0. The topological polar surface area (TPSA) is 58.6 Å². The van der Waals surface area contributed by atoms with E-state index in [2.05, 4.69) is 19.2 Å². The normalized spacial score (nSPS) is 13.8. The first-order valence-corrected chi connectivity index (χ1v) is 11.0.